The van der Waals surface area contributed by atoms with Crippen molar-refractivity contribution in [1.29, 1.82) is 0 Å². The molecule has 0 saturated carbocycles. The zero-order valence-electron chi connectivity index (χ0n) is 12.5. The lowest BCUT2D eigenvalue weighted by Gasteiger charge is -2.05. The Hall–Kier alpha value is -2.69. The van der Waals surface area contributed by atoms with E-state index < -0.39 is 5.91 Å². The molecule has 114 valence electrons. The summed E-state index contributed by atoms with van der Waals surface area (Å²) in [5, 5.41) is 6.26. The standard InChI is InChI=1S/C17H17FN2O2/c1-12-3-6-14(7-4-12)10-19-22-11-17(21)20-15-8-5-13(2)16(18)9-15/h3-10H,11H2,1-2H3,(H,20,21)/b19-10-. The molecule has 22 heavy (non-hydrogen) atoms. The summed E-state index contributed by atoms with van der Waals surface area (Å²) < 4.78 is 13.3. The first-order valence-corrected chi connectivity index (χ1v) is 6.82. The van der Waals surface area contributed by atoms with Gasteiger partial charge >= 0.3 is 0 Å². The molecule has 1 N–H and O–H groups in total. The molecule has 0 radical (unpaired) electrons. The van der Waals surface area contributed by atoms with Crippen LogP contribution in [0.2, 0.25) is 0 Å². The van der Waals surface area contributed by atoms with Gasteiger partial charge in [-0.2, -0.15) is 0 Å². The number of carbonyl (C=O) groups is 1. The van der Waals surface area contributed by atoms with Gasteiger partial charge in [0.1, 0.15) is 5.82 Å². The minimum Gasteiger partial charge on any atom is -0.386 e. The van der Waals surface area contributed by atoms with Gasteiger partial charge in [0.25, 0.3) is 5.91 Å². The minimum absolute atomic E-state index is 0.238. The zero-order chi connectivity index (χ0) is 15.9. The number of nitrogens with one attached hydrogen (secondary N) is 1. The summed E-state index contributed by atoms with van der Waals surface area (Å²) in [5.41, 5.74) is 2.95. The van der Waals surface area contributed by atoms with Crippen LogP contribution in [0.25, 0.3) is 0 Å². The number of amides is 1. The Labute approximate surface area is 128 Å². The Morgan fingerprint density at radius 1 is 1.23 bits per heavy atom. The quantitative estimate of drug-likeness (QED) is 0.679. The summed E-state index contributed by atoms with van der Waals surface area (Å²) in [6, 6.07) is 12.2. The molecule has 0 fully saturated rings. The highest BCUT2D eigenvalue weighted by atomic mass is 19.1. The second-order valence-electron chi connectivity index (χ2n) is 4.93. The van der Waals surface area contributed by atoms with Crippen molar-refractivity contribution in [2.45, 2.75) is 13.8 Å². The maximum absolute atomic E-state index is 13.3. The summed E-state index contributed by atoms with van der Waals surface area (Å²) in [7, 11) is 0. The van der Waals surface area contributed by atoms with Gasteiger partial charge in [-0.15, -0.1) is 0 Å². The third-order valence-corrected chi connectivity index (χ3v) is 3.00. The minimum atomic E-state index is -0.399. The van der Waals surface area contributed by atoms with Crippen molar-refractivity contribution in [2.24, 2.45) is 5.16 Å². The van der Waals surface area contributed by atoms with Crippen LogP contribution in [0.15, 0.2) is 47.6 Å². The number of nitrogens with zero attached hydrogens (tertiary/aromatic N) is 1. The number of aryl methyl sites for hydroxylation is 2. The topological polar surface area (TPSA) is 50.7 Å². The van der Waals surface area contributed by atoms with Crippen molar-refractivity contribution in [3.8, 4) is 0 Å². The number of anilines is 1. The average Bonchev–Trinajstić information content (AvgIpc) is 2.49. The van der Waals surface area contributed by atoms with E-state index in [0.717, 1.165) is 11.1 Å². The number of halogens is 1. The van der Waals surface area contributed by atoms with E-state index in [9.17, 15) is 9.18 Å². The molecule has 2 rings (SSSR count). The Morgan fingerprint density at radius 2 is 1.95 bits per heavy atom. The highest BCUT2D eigenvalue weighted by Crippen LogP contribution is 2.13. The van der Waals surface area contributed by atoms with Gasteiger partial charge in [0.15, 0.2) is 6.61 Å². The lowest BCUT2D eigenvalue weighted by atomic mass is 10.2. The van der Waals surface area contributed by atoms with E-state index in [2.05, 4.69) is 10.5 Å². The molecular weight excluding hydrogens is 283 g/mol. The van der Waals surface area contributed by atoms with Crippen molar-refractivity contribution < 1.29 is 14.0 Å². The first kappa shape index (κ1) is 15.7. The van der Waals surface area contributed by atoms with Crippen molar-refractivity contribution in [3.05, 3.63) is 65.0 Å². The van der Waals surface area contributed by atoms with Gasteiger partial charge in [0.05, 0.1) is 6.21 Å². The summed E-state index contributed by atoms with van der Waals surface area (Å²) in [6.07, 6.45) is 1.53. The van der Waals surface area contributed by atoms with Gasteiger partial charge in [0, 0.05) is 5.69 Å². The molecule has 0 spiro atoms. The van der Waals surface area contributed by atoms with Crippen molar-refractivity contribution in [3.63, 3.8) is 0 Å². The third kappa shape index (κ3) is 4.70. The summed E-state index contributed by atoms with van der Waals surface area (Å²) in [4.78, 5) is 16.6. The molecular formula is C17H17FN2O2. The van der Waals surface area contributed by atoms with Crippen LogP contribution in [0.1, 0.15) is 16.7 Å². The Kier molecular flexibility index (Phi) is 5.25. The maximum Gasteiger partial charge on any atom is 0.265 e. The normalized spacial score (nSPS) is 10.7. The fourth-order valence-electron chi connectivity index (χ4n) is 1.71. The summed E-state index contributed by atoms with van der Waals surface area (Å²) >= 11 is 0. The second-order valence-corrected chi connectivity index (χ2v) is 4.93. The predicted octanol–water partition coefficient (Wildman–Crippen LogP) is 3.43. The monoisotopic (exact) mass is 300 g/mol. The van der Waals surface area contributed by atoms with Crippen LogP contribution in [0, 0.1) is 19.7 Å². The van der Waals surface area contributed by atoms with E-state index in [4.69, 9.17) is 4.84 Å². The van der Waals surface area contributed by atoms with Gasteiger partial charge in [-0.25, -0.2) is 4.39 Å². The van der Waals surface area contributed by atoms with Crippen LogP contribution in [-0.4, -0.2) is 18.7 Å². The fraction of sp³-hybridized carbons (Fsp3) is 0.176. The molecule has 4 nitrogen and oxygen atoms in total. The van der Waals surface area contributed by atoms with E-state index >= 15 is 0 Å². The number of hydrogen-bond donors (Lipinski definition) is 1. The molecule has 0 heterocycles. The molecule has 0 unspecified atom stereocenters. The van der Waals surface area contributed by atoms with Crippen molar-refractivity contribution >= 4 is 17.8 Å². The molecule has 2 aromatic carbocycles. The lowest BCUT2D eigenvalue weighted by molar-refractivity contribution is -0.120. The average molecular weight is 300 g/mol. The van der Waals surface area contributed by atoms with E-state index in [1.165, 1.54) is 12.3 Å². The van der Waals surface area contributed by atoms with Crippen LogP contribution in [0.5, 0.6) is 0 Å². The maximum atomic E-state index is 13.3. The van der Waals surface area contributed by atoms with Gasteiger partial charge < -0.3 is 10.2 Å². The molecule has 0 aliphatic heterocycles. The van der Waals surface area contributed by atoms with Crippen LogP contribution < -0.4 is 5.32 Å². The van der Waals surface area contributed by atoms with E-state index in [1.54, 1.807) is 19.1 Å². The number of benzene rings is 2. The number of carbonyl (C=O) groups excluding carboxylic acids is 1. The van der Waals surface area contributed by atoms with E-state index in [0.29, 0.717) is 11.3 Å². The molecule has 2 aromatic rings. The van der Waals surface area contributed by atoms with Crippen LogP contribution in [0.3, 0.4) is 0 Å². The molecule has 5 heteroatoms. The number of oxime groups is 1. The first-order valence-electron chi connectivity index (χ1n) is 6.82. The molecule has 0 aromatic heterocycles. The summed E-state index contributed by atoms with van der Waals surface area (Å²) in [5.74, 6) is -0.764. The highest BCUT2D eigenvalue weighted by molar-refractivity contribution is 5.91. The second kappa shape index (κ2) is 7.36. The largest absolute Gasteiger partial charge is 0.386 e. The molecule has 0 aliphatic carbocycles. The van der Waals surface area contributed by atoms with Crippen molar-refractivity contribution in [2.75, 3.05) is 11.9 Å². The van der Waals surface area contributed by atoms with Gasteiger partial charge in [-0.1, -0.05) is 41.1 Å². The van der Waals surface area contributed by atoms with Gasteiger partial charge in [-0.05, 0) is 37.1 Å². The fourth-order valence-corrected chi connectivity index (χ4v) is 1.71. The zero-order valence-corrected chi connectivity index (χ0v) is 12.5. The Morgan fingerprint density at radius 3 is 2.64 bits per heavy atom. The molecule has 0 saturated heterocycles. The van der Waals surface area contributed by atoms with Crippen LogP contribution >= 0.6 is 0 Å². The molecule has 0 atom stereocenters. The van der Waals surface area contributed by atoms with Crippen molar-refractivity contribution in [1.82, 2.24) is 0 Å². The summed E-state index contributed by atoms with van der Waals surface area (Å²) in [6.45, 7) is 3.41. The number of hydrogen-bond acceptors (Lipinski definition) is 3. The Balaban J connectivity index is 1.80. The molecule has 0 bridgehead atoms. The predicted molar refractivity (Wildman–Crippen MR) is 84.5 cm³/mol. The Bertz CT molecular complexity index is 682. The smallest absolute Gasteiger partial charge is 0.265 e. The van der Waals surface area contributed by atoms with E-state index in [-0.39, 0.29) is 12.4 Å². The lowest BCUT2D eigenvalue weighted by Crippen LogP contribution is -2.17. The van der Waals surface area contributed by atoms with E-state index in [1.807, 2.05) is 31.2 Å². The molecule has 1 amide bonds. The van der Waals surface area contributed by atoms with Crippen LogP contribution in [-0.2, 0) is 9.63 Å². The SMILES string of the molecule is Cc1ccc(/C=N\OCC(=O)Nc2ccc(C)c(F)c2)cc1. The third-order valence-electron chi connectivity index (χ3n) is 3.00. The number of rotatable bonds is 5. The highest BCUT2D eigenvalue weighted by Gasteiger charge is 2.04. The first-order chi connectivity index (χ1) is 10.5. The van der Waals surface area contributed by atoms with Crippen LogP contribution in [0.4, 0.5) is 10.1 Å². The molecule has 0 aliphatic rings. The van der Waals surface area contributed by atoms with Gasteiger partial charge in [-0.3, -0.25) is 4.79 Å². The van der Waals surface area contributed by atoms with Gasteiger partial charge in [0.2, 0.25) is 0 Å².